The Morgan fingerprint density at radius 3 is 2.37 bits per heavy atom. The molecule has 5 nitrogen and oxygen atoms in total. The highest BCUT2D eigenvalue weighted by Crippen LogP contribution is 2.74. The fraction of sp³-hybridized carbons (Fsp3) is 0.758. The van der Waals surface area contributed by atoms with Gasteiger partial charge in [0.05, 0.1) is 5.57 Å². The second-order valence-corrected chi connectivity index (χ2v) is 14.9. The molecular weight excluding hydrogens is 472 g/mol. The summed E-state index contributed by atoms with van der Waals surface area (Å²) in [5.41, 5.74) is -0.390. The summed E-state index contributed by atoms with van der Waals surface area (Å²) in [5, 5.41) is 12.8. The van der Waals surface area contributed by atoms with Crippen molar-refractivity contribution in [2.24, 2.45) is 56.7 Å². The molecule has 9 atom stereocenters. The maximum Gasteiger partial charge on any atom is 0.220 e. The number of nitrogens with zero attached hydrogens (tertiary/aromatic N) is 1. The van der Waals surface area contributed by atoms with Crippen molar-refractivity contribution in [2.45, 2.75) is 93.4 Å². The van der Waals surface area contributed by atoms with Gasteiger partial charge in [0.15, 0.2) is 11.6 Å². The Bertz CT molecular complexity index is 1200. The molecule has 5 rings (SSSR count). The number of allylic oxidation sites excluding steroid dienone is 4. The maximum absolute atomic E-state index is 14.5. The van der Waals surface area contributed by atoms with Crippen LogP contribution in [0.3, 0.4) is 0 Å². The second-order valence-electron chi connectivity index (χ2n) is 14.9. The zero-order chi connectivity index (χ0) is 28.1. The lowest BCUT2D eigenvalue weighted by Crippen LogP contribution is -2.65. The molecule has 0 saturated heterocycles. The first-order chi connectivity index (χ1) is 17.6. The molecule has 0 heterocycles. The molecule has 5 aliphatic carbocycles. The predicted molar refractivity (Wildman–Crippen MR) is 148 cm³/mol. The van der Waals surface area contributed by atoms with E-state index in [1.54, 1.807) is 7.05 Å². The fourth-order valence-corrected chi connectivity index (χ4v) is 10.7. The van der Waals surface area contributed by atoms with Crippen molar-refractivity contribution in [1.29, 1.82) is 5.26 Å². The van der Waals surface area contributed by atoms with Crippen LogP contribution in [-0.2, 0) is 14.4 Å². The summed E-state index contributed by atoms with van der Waals surface area (Å²) in [6.45, 7) is 15.5. The van der Waals surface area contributed by atoms with Gasteiger partial charge >= 0.3 is 0 Å². The Balaban J connectivity index is 1.69. The summed E-state index contributed by atoms with van der Waals surface area (Å²) in [7, 11) is 1.72. The number of nitrogens with one attached hydrogen (secondary N) is 1. The highest BCUT2D eigenvalue weighted by molar-refractivity contribution is 6.04. The van der Waals surface area contributed by atoms with Gasteiger partial charge in [0, 0.05) is 30.2 Å². The molecule has 206 valence electrons. The van der Waals surface area contributed by atoms with Gasteiger partial charge < -0.3 is 5.32 Å². The Hall–Kier alpha value is -2.22. The van der Waals surface area contributed by atoms with Crippen molar-refractivity contribution < 1.29 is 14.4 Å². The van der Waals surface area contributed by atoms with E-state index in [0.717, 1.165) is 44.1 Å². The van der Waals surface area contributed by atoms with Gasteiger partial charge in [-0.25, -0.2) is 0 Å². The van der Waals surface area contributed by atoms with Crippen LogP contribution >= 0.6 is 0 Å². The van der Waals surface area contributed by atoms with Gasteiger partial charge in [-0.15, -0.1) is 0 Å². The van der Waals surface area contributed by atoms with Crippen LogP contribution in [0, 0.1) is 68.0 Å². The topological polar surface area (TPSA) is 87.0 Å². The lowest BCUT2D eigenvalue weighted by atomic mass is 9.33. The van der Waals surface area contributed by atoms with Crippen LogP contribution in [-0.4, -0.2) is 24.5 Å². The van der Waals surface area contributed by atoms with E-state index in [0.29, 0.717) is 18.3 Å². The van der Waals surface area contributed by atoms with Crippen LogP contribution in [0.25, 0.3) is 0 Å². The molecule has 0 aromatic carbocycles. The van der Waals surface area contributed by atoms with Crippen molar-refractivity contribution in [1.82, 2.24) is 5.32 Å². The number of rotatable bonds is 2. The van der Waals surface area contributed by atoms with Crippen molar-refractivity contribution in [3.05, 3.63) is 23.3 Å². The third-order valence-corrected chi connectivity index (χ3v) is 13.2. The van der Waals surface area contributed by atoms with E-state index < -0.39 is 10.8 Å². The van der Waals surface area contributed by atoms with Gasteiger partial charge in [0.25, 0.3) is 0 Å². The highest BCUT2D eigenvalue weighted by Gasteiger charge is 2.70. The largest absolute Gasteiger partial charge is 0.359 e. The van der Waals surface area contributed by atoms with Gasteiger partial charge in [-0.2, -0.15) is 5.26 Å². The predicted octanol–water partition coefficient (Wildman–Crippen LogP) is 6.20. The van der Waals surface area contributed by atoms with Crippen molar-refractivity contribution in [3.63, 3.8) is 0 Å². The average molecular weight is 519 g/mol. The molecule has 3 fully saturated rings. The van der Waals surface area contributed by atoms with Crippen LogP contribution < -0.4 is 5.32 Å². The minimum absolute atomic E-state index is 0.0523. The van der Waals surface area contributed by atoms with Gasteiger partial charge in [-0.3, -0.25) is 14.4 Å². The molecule has 0 aliphatic heterocycles. The number of fused-ring (bicyclic) bond motifs is 7. The van der Waals surface area contributed by atoms with E-state index in [1.807, 2.05) is 26.0 Å². The Morgan fingerprint density at radius 2 is 1.74 bits per heavy atom. The molecule has 5 heteroatoms. The first kappa shape index (κ1) is 27.4. The monoisotopic (exact) mass is 518 g/mol. The number of amides is 1. The number of hydrogen-bond donors (Lipinski definition) is 1. The molecule has 1 amide bonds. The van der Waals surface area contributed by atoms with Crippen molar-refractivity contribution >= 4 is 17.5 Å². The number of hydrogen-bond acceptors (Lipinski definition) is 4. The lowest BCUT2D eigenvalue weighted by molar-refractivity contribution is -0.180. The standard InChI is InChI=1S/C33H46N2O3/c1-19-9-12-33(17-25(37)35-8)14-13-32(7)27(26(33)20(19)2)22(36)15-24-30(5)16-21(18-34)28(38)29(3,4)23(30)10-11-31(24,32)6/h15-16,19-20,23,26-27H,9-14,17H2,1-8H3,(H,35,37)/t19-,20+,23+,26+,27-,30+,31-,32-,33-/m1/s1. The van der Waals surface area contributed by atoms with Crippen LogP contribution in [0.2, 0.25) is 0 Å². The fourth-order valence-electron chi connectivity index (χ4n) is 10.7. The van der Waals surface area contributed by atoms with Crippen LogP contribution in [0.5, 0.6) is 0 Å². The molecule has 0 radical (unpaired) electrons. The van der Waals surface area contributed by atoms with Crippen LogP contribution in [0.1, 0.15) is 93.4 Å². The summed E-state index contributed by atoms with van der Waals surface area (Å²) in [5.74, 6) is 1.21. The van der Waals surface area contributed by atoms with E-state index in [1.165, 1.54) is 0 Å². The smallest absolute Gasteiger partial charge is 0.220 e. The molecule has 0 unspecified atom stereocenters. The highest BCUT2D eigenvalue weighted by atomic mass is 16.1. The molecular formula is C33H46N2O3. The maximum atomic E-state index is 14.5. The van der Waals surface area contributed by atoms with E-state index in [9.17, 15) is 19.6 Å². The minimum Gasteiger partial charge on any atom is -0.359 e. The number of carbonyl (C=O) groups is 3. The molecule has 3 saturated carbocycles. The third kappa shape index (κ3) is 3.24. The zero-order valence-corrected chi connectivity index (χ0v) is 24.7. The molecule has 5 aliphatic rings. The number of carbonyl (C=O) groups excluding carboxylic acids is 3. The van der Waals surface area contributed by atoms with Gasteiger partial charge in [-0.05, 0) is 84.5 Å². The summed E-state index contributed by atoms with van der Waals surface area (Å²) in [6.07, 6.45) is 10.2. The van der Waals surface area contributed by atoms with E-state index in [4.69, 9.17) is 0 Å². The zero-order valence-electron chi connectivity index (χ0n) is 24.7. The quantitative estimate of drug-likeness (QED) is 0.472. The van der Waals surface area contributed by atoms with Crippen LogP contribution in [0.15, 0.2) is 23.3 Å². The summed E-state index contributed by atoms with van der Waals surface area (Å²) < 4.78 is 0. The molecule has 0 bridgehead atoms. The summed E-state index contributed by atoms with van der Waals surface area (Å²) in [4.78, 5) is 40.5. The second kappa shape index (κ2) is 8.39. The third-order valence-electron chi connectivity index (χ3n) is 13.2. The number of nitriles is 1. The molecule has 38 heavy (non-hydrogen) atoms. The summed E-state index contributed by atoms with van der Waals surface area (Å²) in [6, 6.07) is 2.19. The lowest BCUT2D eigenvalue weighted by Gasteiger charge is -2.69. The Kier molecular flexibility index (Phi) is 6.04. The van der Waals surface area contributed by atoms with Gasteiger partial charge in [0.2, 0.25) is 5.91 Å². The van der Waals surface area contributed by atoms with E-state index >= 15 is 0 Å². The first-order valence-corrected chi connectivity index (χ1v) is 14.8. The average Bonchev–Trinajstić information content (AvgIpc) is 2.86. The van der Waals surface area contributed by atoms with Crippen LogP contribution in [0.4, 0.5) is 0 Å². The Labute approximate surface area is 228 Å². The summed E-state index contributed by atoms with van der Waals surface area (Å²) >= 11 is 0. The number of ketones is 2. The normalized spacial score (nSPS) is 47.3. The SMILES string of the molecule is CNC(=O)C[C@]12CC[C@@H](C)[C@H](C)[C@H]1[C@H]1C(=O)C=C3[C@@]4(C)C=C(C#N)C(=O)C(C)(C)[C@@H]4CC[C@@]3(C)[C@]1(C)CC2. The van der Waals surface area contributed by atoms with Gasteiger partial charge in [0.1, 0.15) is 6.07 Å². The number of Topliss-reactive ketones (excluding diaryl/α,β-unsaturated/α-hetero) is 1. The molecule has 0 aromatic rings. The molecule has 1 N–H and O–H groups in total. The van der Waals surface area contributed by atoms with Gasteiger partial charge in [-0.1, -0.05) is 60.1 Å². The molecule has 0 aromatic heterocycles. The first-order valence-electron chi connectivity index (χ1n) is 14.8. The van der Waals surface area contributed by atoms with Crippen molar-refractivity contribution in [2.75, 3.05) is 7.05 Å². The Morgan fingerprint density at radius 1 is 1.05 bits per heavy atom. The molecule has 0 spiro atoms. The van der Waals surface area contributed by atoms with Crippen molar-refractivity contribution in [3.8, 4) is 6.07 Å². The van der Waals surface area contributed by atoms with E-state index in [2.05, 4.69) is 46.0 Å². The van der Waals surface area contributed by atoms with E-state index in [-0.39, 0.29) is 57.0 Å². The minimum atomic E-state index is -0.653.